The summed E-state index contributed by atoms with van der Waals surface area (Å²) >= 11 is 0. The van der Waals surface area contributed by atoms with Crippen LogP contribution in [0.1, 0.15) is 62.6 Å². The number of nitrogens with zero attached hydrogens (tertiary/aromatic N) is 8. The van der Waals surface area contributed by atoms with Crippen LogP contribution in [-0.2, 0) is 0 Å². The van der Waals surface area contributed by atoms with Gasteiger partial charge in [0.05, 0.1) is 119 Å². The number of rotatable bonds is 18. The van der Waals surface area contributed by atoms with Crippen LogP contribution in [0.25, 0.3) is 101 Å². The fourth-order valence-electron chi connectivity index (χ4n) is 14.5. The first-order valence-corrected chi connectivity index (χ1v) is 45.7. The fraction of sp³-hybridized carbons (Fsp3) is 0.161. The van der Waals surface area contributed by atoms with Crippen LogP contribution in [0.3, 0.4) is 0 Å². The zero-order chi connectivity index (χ0) is 104. The number of ether oxygens (including phenoxy) is 8. The Morgan fingerprint density at radius 1 is 0.236 bits per heavy atom. The molecule has 0 bridgehead atoms. The monoisotopic (exact) mass is 1940 g/mol. The van der Waals surface area contributed by atoms with Crippen LogP contribution in [0, 0.1) is 98.3 Å². The molecule has 0 saturated carbocycles. The average Bonchev–Trinajstić information content (AvgIpc) is 0.822. The highest BCUT2D eigenvalue weighted by Crippen LogP contribution is 2.35. The summed E-state index contributed by atoms with van der Waals surface area (Å²) in [4.78, 5) is 48.6. The number of methoxy groups -OCH3 is 7. The van der Waals surface area contributed by atoms with Gasteiger partial charge >= 0.3 is 0 Å². The Labute approximate surface area is 837 Å². The minimum atomic E-state index is -0.305. The molecular formula is C118H117F5N12O9. The minimum absolute atomic E-state index is 0.184. The zero-order valence-electron chi connectivity index (χ0n) is 83.8. The maximum Gasteiger partial charge on any atom is 0.248 e. The molecule has 18 aromatic rings. The van der Waals surface area contributed by atoms with Gasteiger partial charge in [-0.2, -0.15) is 0 Å². The normalized spacial score (nSPS) is 10.2. The smallest absolute Gasteiger partial charge is 0.248 e. The van der Waals surface area contributed by atoms with Crippen molar-refractivity contribution in [1.29, 1.82) is 0 Å². The van der Waals surface area contributed by atoms with Crippen molar-refractivity contribution in [2.45, 2.75) is 76.2 Å². The second kappa shape index (κ2) is 54.2. The van der Waals surface area contributed by atoms with Crippen molar-refractivity contribution in [3.8, 4) is 148 Å². The number of aromatic nitrogens is 9. The number of hydrogen-bond donors (Lipinski definition) is 4. The van der Waals surface area contributed by atoms with Gasteiger partial charge in [-0.3, -0.25) is 4.79 Å². The quantitative estimate of drug-likeness (QED) is 0.0581. The molecule has 9 aromatic carbocycles. The third kappa shape index (κ3) is 31.5. The van der Waals surface area contributed by atoms with Crippen LogP contribution in [0.5, 0.6) is 47.0 Å². The van der Waals surface area contributed by atoms with Gasteiger partial charge in [-0.25, -0.2) is 61.8 Å². The van der Waals surface area contributed by atoms with Crippen molar-refractivity contribution in [3.05, 3.63) is 423 Å². The number of anilines is 3. The number of benzene rings is 9. The van der Waals surface area contributed by atoms with E-state index >= 15 is 0 Å². The van der Waals surface area contributed by atoms with Gasteiger partial charge in [0.25, 0.3) is 0 Å². The number of nitrogen functional groups attached to an aromatic ring is 3. The molecule has 0 unspecified atom stereocenters. The Hall–Kier alpha value is -17.4. The molecule has 21 nitrogen and oxygen atoms in total. The van der Waals surface area contributed by atoms with Crippen molar-refractivity contribution in [2.75, 3.05) is 73.6 Å². The molecule has 26 heteroatoms. The van der Waals surface area contributed by atoms with E-state index in [1.165, 1.54) is 114 Å². The summed E-state index contributed by atoms with van der Waals surface area (Å²) in [7, 11) is 11.0. The summed E-state index contributed by atoms with van der Waals surface area (Å²) in [5.41, 5.74) is 44.9. The molecule has 0 aliphatic carbocycles. The number of pyridine rings is 9. The molecule has 0 radical (unpaired) electrons. The number of nitrogens with two attached hydrogens (primary N) is 3. The largest absolute Gasteiger partial charge is 0.481 e. The molecule has 0 saturated heterocycles. The van der Waals surface area contributed by atoms with E-state index in [9.17, 15) is 26.7 Å². The van der Waals surface area contributed by atoms with Gasteiger partial charge in [0.15, 0.2) is 0 Å². The molecule has 0 aliphatic heterocycles. The number of aryl methyl sites for hydroxylation is 10. The maximum absolute atomic E-state index is 13.2. The second-order valence-corrected chi connectivity index (χ2v) is 32.4. The van der Waals surface area contributed by atoms with E-state index in [0.29, 0.717) is 93.4 Å². The van der Waals surface area contributed by atoms with Crippen LogP contribution in [0.4, 0.5) is 39.0 Å². The van der Waals surface area contributed by atoms with E-state index in [4.69, 9.17) is 55.1 Å². The average molecular weight is 1940 g/mol. The summed E-state index contributed by atoms with van der Waals surface area (Å²) in [6, 6.07) is 97.8. The number of H-pyrrole nitrogens is 1. The molecule has 9 aromatic heterocycles. The van der Waals surface area contributed by atoms with Gasteiger partial charge in [-0.1, -0.05) is 145 Å². The Kier molecular flexibility index (Phi) is 40.9. The summed E-state index contributed by atoms with van der Waals surface area (Å²) in [6.45, 7) is 22.4. The summed E-state index contributed by atoms with van der Waals surface area (Å²) in [5.74, 6) is 2.93. The molecule has 0 spiro atoms. The van der Waals surface area contributed by atoms with E-state index in [-0.39, 0.29) is 34.6 Å². The highest BCUT2D eigenvalue weighted by atomic mass is 19.1. The molecule has 738 valence electrons. The summed E-state index contributed by atoms with van der Waals surface area (Å²) < 4.78 is 106. The van der Waals surface area contributed by atoms with E-state index in [1.54, 1.807) is 114 Å². The van der Waals surface area contributed by atoms with Crippen molar-refractivity contribution >= 4 is 17.1 Å². The lowest BCUT2D eigenvalue weighted by molar-refractivity contribution is 0.327. The Morgan fingerprint density at radius 3 is 0.826 bits per heavy atom. The second-order valence-electron chi connectivity index (χ2n) is 32.4. The van der Waals surface area contributed by atoms with Crippen LogP contribution >= 0.6 is 0 Å². The Balaban J connectivity index is 0.000000166. The third-order valence-corrected chi connectivity index (χ3v) is 22.1. The van der Waals surface area contributed by atoms with E-state index in [1.807, 2.05) is 175 Å². The number of hydrogen-bond acceptors (Lipinski definition) is 20. The van der Waals surface area contributed by atoms with Crippen molar-refractivity contribution in [2.24, 2.45) is 0 Å². The highest BCUT2D eigenvalue weighted by molar-refractivity contribution is 5.73. The van der Waals surface area contributed by atoms with Crippen molar-refractivity contribution in [3.63, 3.8) is 0 Å². The summed E-state index contributed by atoms with van der Waals surface area (Å²) in [5, 5.41) is 0. The maximum atomic E-state index is 13.2. The molecule has 0 fully saturated rings. The molecule has 18 rings (SSSR count). The minimum Gasteiger partial charge on any atom is -0.481 e. The van der Waals surface area contributed by atoms with Gasteiger partial charge in [0.1, 0.15) is 29.1 Å². The van der Waals surface area contributed by atoms with Gasteiger partial charge < -0.3 is 60.1 Å². The topological polar surface area (TPSA) is 288 Å². The molecule has 0 amide bonds. The van der Waals surface area contributed by atoms with E-state index in [0.717, 1.165) is 101 Å². The lowest BCUT2D eigenvalue weighted by Crippen LogP contribution is -2.04. The first-order valence-electron chi connectivity index (χ1n) is 45.7. The highest BCUT2D eigenvalue weighted by Gasteiger charge is 2.16. The van der Waals surface area contributed by atoms with Gasteiger partial charge in [0, 0.05) is 92.2 Å². The first-order chi connectivity index (χ1) is 69.3. The van der Waals surface area contributed by atoms with Crippen LogP contribution in [0.15, 0.2) is 332 Å². The zero-order valence-corrected chi connectivity index (χ0v) is 83.8. The number of nitrogens with one attached hydrogen (secondary N) is 1. The van der Waals surface area contributed by atoms with E-state index in [2.05, 4.69) is 128 Å². The Bertz CT molecular complexity index is 7280. The van der Waals surface area contributed by atoms with Crippen LogP contribution in [-0.4, -0.2) is 101 Å². The lowest BCUT2D eigenvalue weighted by Gasteiger charge is -2.08. The molecule has 144 heavy (non-hydrogen) atoms. The van der Waals surface area contributed by atoms with Crippen molar-refractivity contribution < 1.29 is 59.8 Å². The van der Waals surface area contributed by atoms with Gasteiger partial charge in [-0.15, -0.1) is 0 Å². The molecule has 9 heterocycles. The molecule has 0 atom stereocenters. The third-order valence-electron chi connectivity index (χ3n) is 22.1. The standard InChI is InChI=1S/2C14H15NO.2C13H13FN2O.2C13H12FNO.C13H14N2O.C13H13NO.C12H10FNO/c1-10-7-8-11(2)12(9-10)13-5-4-6-14(15-13)16-3;1-3-16-14-10-6-9-13(15-14)12-8-5-4-7-11(12)2;1-8-7-9(14)3-4-10(8)12-6-5-11(15)13(16-12)17-2;1-8-3-4-9(14)7-10(8)12-6-5-11(15)13(16-12)17-2;1-9-8-10(14)6-7-11(9)12-4-3-5-13(15-12)16-2;1-9-6-7-10(14)8-11(9)12-4-3-5-13(15-12)16-2;1-9-5-3-4-6-10(9)12-8-7-11(14)13(15-12)16-2;1-10-6-3-4-7-11(10)12-8-5-9-13(14-12)15-2;1-8-5-6-9(13)7-10(8)11-3-2-4-12(15)14-11/h4-9H,1-3H3;4-10H,3H2,1-2H3;2*3-7H,15H2,1-2H3;2*3-8H,1-2H3;3-8H,14H2,1-2H3;3-9H,1-2H3;2-7H,1H3,(H,14,15). The predicted molar refractivity (Wildman–Crippen MR) is 567 cm³/mol. The fourth-order valence-corrected chi connectivity index (χ4v) is 14.5. The SMILES string of the molecule is CCOc1cccc(-c2ccccc2C)n1.COc1cccc(-c2cc(C)ccc2C)n1.COc1cccc(-c2cc(F)ccc2C)n1.COc1cccc(-c2ccc(F)cc2C)n1.COc1cccc(-c2ccccc2C)n1.COc1nc(-c2cc(F)ccc2C)ccc1N.COc1nc(-c2ccc(F)cc2C)ccc1N.COc1nc(-c2ccccc2C)ccc1N.Cc1ccc(F)cc1-c1cccc(=O)[nH]1. The number of halogens is 5. The van der Waals surface area contributed by atoms with Gasteiger partial charge in [-0.05, 0) is 278 Å². The molecule has 0 aliphatic rings. The van der Waals surface area contributed by atoms with Crippen LogP contribution in [0.2, 0.25) is 0 Å². The molecule has 7 N–H and O–H groups in total. The Morgan fingerprint density at radius 2 is 0.500 bits per heavy atom. The van der Waals surface area contributed by atoms with Crippen molar-refractivity contribution in [1.82, 2.24) is 44.9 Å². The first kappa shape index (κ1) is 109. The number of aromatic amines is 1. The van der Waals surface area contributed by atoms with Crippen LogP contribution < -0.4 is 60.7 Å². The lowest BCUT2D eigenvalue weighted by atomic mass is 10.0. The van der Waals surface area contributed by atoms with Gasteiger partial charge in [0.2, 0.25) is 52.6 Å². The predicted octanol–water partition coefficient (Wildman–Crippen LogP) is 27.0. The summed E-state index contributed by atoms with van der Waals surface area (Å²) in [6.07, 6.45) is 0. The van der Waals surface area contributed by atoms with E-state index < -0.39 is 0 Å². The molecular weight excluding hydrogens is 1820 g/mol.